The predicted molar refractivity (Wildman–Crippen MR) is 72.0 cm³/mol. The van der Waals surface area contributed by atoms with E-state index in [1.807, 2.05) is 18.2 Å². The number of nitrogens with one attached hydrogen (secondary N) is 3. The van der Waals surface area contributed by atoms with Gasteiger partial charge in [0.25, 0.3) is 0 Å². The van der Waals surface area contributed by atoms with Crippen molar-refractivity contribution in [2.75, 3.05) is 6.54 Å². The molecule has 0 radical (unpaired) electrons. The number of hydrogen-bond acceptors (Lipinski definition) is 3. The Balaban J connectivity index is 1.84. The van der Waals surface area contributed by atoms with Gasteiger partial charge in [-0.2, -0.15) is 0 Å². The molecule has 1 aliphatic heterocycles. The standard InChI is InChI=1S/C14H13N3O2/c18-14-17-11-2-1-8(6-13(11)19-14)12-5-9-7-15-4-3-10(9)16-12/h1-2,5-6,15-16H,3-4,7H2,(H,17,18). The second kappa shape index (κ2) is 3.86. The molecule has 1 aromatic carbocycles. The maximum absolute atomic E-state index is 11.2. The molecule has 96 valence electrons. The van der Waals surface area contributed by atoms with Gasteiger partial charge in [0.1, 0.15) is 0 Å². The molecule has 0 fully saturated rings. The minimum atomic E-state index is -0.415. The summed E-state index contributed by atoms with van der Waals surface area (Å²) in [6.45, 7) is 1.92. The Kier molecular flexibility index (Phi) is 2.16. The Morgan fingerprint density at radius 2 is 2.11 bits per heavy atom. The van der Waals surface area contributed by atoms with Gasteiger partial charge in [-0.05, 0) is 23.8 Å². The van der Waals surface area contributed by atoms with Crippen LogP contribution in [0.1, 0.15) is 11.3 Å². The summed E-state index contributed by atoms with van der Waals surface area (Å²) in [6.07, 6.45) is 1.02. The number of benzene rings is 1. The molecule has 5 nitrogen and oxygen atoms in total. The monoisotopic (exact) mass is 255 g/mol. The number of aromatic nitrogens is 2. The van der Waals surface area contributed by atoms with Gasteiger partial charge in [0.2, 0.25) is 0 Å². The van der Waals surface area contributed by atoms with E-state index in [1.165, 1.54) is 11.3 Å². The van der Waals surface area contributed by atoms with Gasteiger partial charge < -0.3 is 14.7 Å². The van der Waals surface area contributed by atoms with E-state index in [0.717, 1.165) is 36.3 Å². The highest BCUT2D eigenvalue weighted by atomic mass is 16.4. The van der Waals surface area contributed by atoms with E-state index in [-0.39, 0.29) is 0 Å². The summed E-state index contributed by atoms with van der Waals surface area (Å²) in [5, 5.41) is 3.35. The SMILES string of the molecule is O=c1[nH]c2ccc(-c3cc4c([nH]3)CCNC4)cc2o1. The average Bonchev–Trinajstić information content (AvgIpc) is 2.99. The van der Waals surface area contributed by atoms with Gasteiger partial charge in [-0.1, -0.05) is 6.07 Å². The fraction of sp³-hybridized carbons (Fsp3) is 0.214. The van der Waals surface area contributed by atoms with Crippen molar-refractivity contribution in [2.45, 2.75) is 13.0 Å². The first-order valence-corrected chi connectivity index (χ1v) is 6.34. The summed E-state index contributed by atoms with van der Waals surface area (Å²) in [6, 6.07) is 7.90. The molecule has 19 heavy (non-hydrogen) atoms. The minimum Gasteiger partial charge on any atom is -0.408 e. The summed E-state index contributed by atoms with van der Waals surface area (Å²) in [5.41, 5.74) is 6.03. The van der Waals surface area contributed by atoms with E-state index in [4.69, 9.17) is 4.42 Å². The molecule has 0 bridgehead atoms. The summed E-state index contributed by atoms with van der Waals surface area (Å²) in [7, 11) is 0. The van der Waals surface area contributed by atoms with Crippen LogP contribution in [0, 0.1) is 0 Å². The van der Waals surface area contributed by atoms with E-state index < -0.39 is 5.76 Å². The summed E-state index contributed by atoms with van der Waals surface area (Å²) >= 11 is 0. The lowest BCUT2D eigenvalue weighted by molar-refractivity contribution is 0.555. The van der Waals surface area contributed by atoms with Crippen LogP contribution in [0.25, 0.3) is 22.4 Å². The van der Waals surface area contributed by atoms with Gasteiger partial charge in [0.05, 0.1) is 5.52 Å². The number of fused-ring (bicyclic) bond motifs is 2. The third-order valence-electron chi connectivity index (χ3n) is 3.59. The Hall–Kier alpha value is -2.27. The van der Waals surface area contributed by atoms with E-state index in [2.05, 4.69) is 21.4 Å². The first-order chi connectivity index (χ1) is 9.29. The summed E-state index contributed by atoms with van der Waals surface area (Å²) in [5.74, 6) is -0.415. The molecule has 0 unspecified atom stereocenters. The summed E-state index contributed by atoms with van der Waals surface area (Å²) in [4.78, 5) is 17.3. The Morgan fingerprint density at radius 1 is 1.16 bits per heavy atom. The Morgan fingerprint density at radius 3 is 3.00 bits per heavy atom. The zero-order valence-corrected chi connectivity index (χ0v) is 10.2. The highest BCUT2D eigenvalue weighted by molar-refractivity contribution is 5.79. The number of hydrogen-bond donors (Lipinski definition) is 3. The number of rotatable bonds is 1. The Bertz CT molecular complexity index is 786. The van der Waals surface area contributed by atoms with E-state index in [0.29, 0.717) is 5.58 Å². The van der Waals surface area contributed by atoms with E-state index >= 15 is 0 Å². The fourth-order valence-corrected chi connectivity index (χ4v) is 2.63. The molecule has 4 rings (SSSR count). The lowest BCUT2D eigenvalue weighted by atomic mass is 10.1. The first-order valence-electron chi connectivity index (χ1n) is 6.34. The van der Waals surface area contributed by atoms with Gasteiger partial charge in [-0.15, -0.1) is 0 Å². The van der Waals surface area contributed by atoms with Crippen molar-refractivity contribution in [1.29, 1.82) is 0 Å². The average molecular weight is 255 g/mol. The zero-order chi connectivity index (χ0) is 12.8. The minimum absolute atomic E-state index is 0.415. The maximum atomic E-state index is 11.2. The third-order valence-corrected chi connectivity index (χ3v) is 3.59. The lowest BCUT2D eigenvalue weighted by Gasteiger charge is -2.11. The van der Waals surface area contributed by atoms with Crippen LogP contribution in [0.2, 0.25) is 0 Å². The molecule has 3 heterocycles. The van der Waals surface area contributed by atoms with E-state index in [1.54, 1.807) is 0 Å². The number of aromatic amines is 2. The van der Waals surface area contributed by atoms with Crippen LogP contribution in [-0.2, 0) is 13.0 Å². The molecule has 3 N–H and O–H groups in total. The fourth-order valence-electron chi connectivity index (χ4n) is 2.63. The van der Waals surface area contributed by atoms with Crippen LogP contribution in [-0.4, -0.2) is 16.5 Å². The largest absolute Gasteiger partial charge is 0.417 e. The highest BCUT2D eigenvalue weighted by Crippen LogP contribution is 2.26. The van der Waals surface area contributed by atoms with Gasteiger partial charge >= 0.3 is 5.76 Å². The molecule has 0 spiro atoms. The molecule has 5 heteroatoms. The molecule has 1 aliphatic rings. The number of H-pyrrole nitrogens is 2. The molecular formula is C14H13N3O2. The summed E-state index contributed by atoms with van der Waals surface area (Å²) < 4.78 is 5.09. The van der Waals surface area contributed by atoms with Crippen molar-refractivity contribution in [2.24, 2.45) is 0 Å². The molecule has 3 aromatic rings. The van der Waals surface area contributed by atoms with Gasteiger partial charge in [0.15, 0.2) is 5.58 Å². The second-order valence-electron chi connectivity index (χ2n) is 4.84. The zero-order valence-electron chi connectivity index (χ0n) is 10.2. The highest BCUT2D eigenvalue weighted by Gasteiger charge is 2.13. The molecule has 0 saturated carbocycles. The van der Waals surface area contributed by atoms with Crippen LogP contribution < -0.4 is 11.1 Å². The molecule has 0 aliphatic carbocycles. The smallest absolute Gasteiger partial charge is 0.408 e. The van der Waals surface area contributed by atoms with Crippen molar-refractivity contribution < 1.29 is 4.42 Å². The second-order valence-corrected chi connectivity index (χ2v) is 4.84. The topological polar surface area (TPSA) is 73.8 Å². The quantitative estimate of drug-likeness (QED) is 0.620. The maximum Gasteiger partial charge on any atom is 0.417 e. The predicted octanol–water partition coefficient (Wildman–Crippen LogP) is 1.76. The molecule has 2 aromatic heterocycles. The first kappa shape index (κ1) is 10.6. The van der Waals surface area contributed by atoms with Gasteiger partial charge in [-0.3, -0.25) is 4.98 Å². The lowest BCUT2D eigenvalue weighted by Crippen LogP contribution is -2.22. The van der Waals surface area contributed by atoms with E-state index in [9.17, 15) is 4.79 Å². The molecule has 0 amide bonds. The van der Waals surface area contributed by atoms with Crippen molar-refractivity contribution in [3.63, 3.8) is 0 Å². The third kappa shape index (κ3) is 1.70. The van der Waals surface area contributed by atoms with Crippen molar-refractivity contribution in [3.8, 4) is 11.3 Å². The van der Waals surface area contributed by atoms with Crippen LogP contribution in [0.5, 0.6) is 0 Å². The van der Waals surface area contributed by atoms with Crippen molar-refractivity contribution in [1.82, 2.24) is 15.3 Å². The normalized spacial score (nSPS) is 14.7. The molecule has 0 atom stereocenters. The Labute approximate surface area is 108 Å². The van der Waals surface area contributed by atoms with Crippen molar-refractivity contribution in [3.05, 3.63) is 46.1 Å². The van der Waals surface area contributed by atoms with Gasteiger partial charge in [0, 0.05) is 36.5 Å². The van der Waals surface area contributed by atoms with Crippen LogP contribution in [0.3, 0.4) is 0 Å². The molecular weight excluding hydrogens is 242 g/mol. The molecule has 0 saturated heterocycles. The van der Waals surface area contributed by atoms with Crippen LogP contribution in [0.15, 0.2) is 33.5 Å². The van der Waals surface area contributed by atoms with Crippen LogP contribution >= 0.6 is 0 Å². The number of oxazole rings is 1. The van der Waals surface area contributed by atoms with Crippen LogP contribution in [0.4, 0.5) is 0 Å². The van der Waals surface area contributed by atoms with Crippen molar-refractivity contribution >= 4 is 11.1 Å². The van der Waals surface area contributed by atoms with Gasteiger partial charge in [-0.25, -0.2) is 4.79 Å².